The van der Waals surface area contributed by atoms with E-state index in [0.29, 0.717) is 17.9 Å². The number of aliphatic carboxylic acids is 1. The van der Waals surface area contributed by atoms with Crippen molar-refractivity contribution in [1.29, 1.82) is 0 Å². The van der Waals surface area contributed by atoms with Crippen LogP contribution in [0.4, 0.5) is 0 Å². The number of carboxylic acids is 1. The van der Waals surface area contributed by atoms with E-state index in [-0.39, 0.29) is 16.7 Å². The molecule has 0 bridgehead atoms. The van der Waals surface area contributed by atoms with Gasteiger partial charge in [0.05, 0.1) is 13.3 Å². The predicted molar refractivity (Wildman–Crippen MR) is 92.7 cm³/mol. The van der Waals surface area contributed by atoms with Crippen LogP contribution in [0, 0.1) is 5.92 Å². The molecule has 1 unspecified atom stereocenters. The van der Waals surface area contributed by atoms with E-state index >= 15 is 0 Å². The summed E-state index contributed by atoms with van der Waals surface area (Å²) in [4.78, 5) is 23.7. The van der Waals surface area contributed by atoms with Crippen molar-refractivity contribution in [1.82, 2.24) is 9.78 Å². The molecule has 0 aliphatic rings. The Morgan fingerprint density at radius 3 is 2.60 bits per heavy atom. The topological polar surface area (TPSA) is 90.7 Å². The molecule has 0 spiro atoms. The van der Waals surface area contributed by atoms with Crippen LogP contribution >= 0.6 is 11.6 Å². The summed E-state index contributed by atoms with van der Waals surface area (Å²) in [5, 5.41) is 13.5. The largest absolute Gasteiger partial charge is 0.495 e. The Morgan fingerprint density at radius 1 is 1.36 bits per heavy atom. The van der Waals surface area contributed by atoms with E-state index in [9.17, 15) is 14.7 Å². The van der Waals surface area contributed by atoms with Crippen LogP contribution in [0.2, 0.25) is 5.02 Å². The number of hydrogen-bond donors (Lipinski definition) is 1. The maximum atomic E-state index is 12.3. The maximum Gasteiger partial charge on any atom is 0.328 e. The van der Waals surface area contributed by atoms with Crippen molar-refractivity contribution in [2.24, 2.45) is 5.92 Å². The van der Waals surface area contributed by atoms with Crippen LogP contribution in [0.15, 0.2) is 35.3 Å². The molecule has 2 rings (SSSR count). The van der Waals surface area contributed by atoms with Crippen molar-refractivity contribution in [2.45, 2.75) is 26.3 Å². The lowest BCUT2D eigenvalue weighted by molar-refractivity contribution is -0.141. The summed E-state index contributed by atoms with van der Waals surface area (Å²) >= 11 is 6.15. The molecule has 1 heterocycles. The molecule has 0 amide bonds. The predicted octanol–water partition coefficient (Wildman–Crippen LogP) is 3.37. The number of methoxy groups -OCH3 is 1. The number of rotatable bonds is 7. The summed E-state index contributed by atoms with van der Waals surface area (Å²) in [6, 6.07) is 5.14. The maximum absolute atomic E-state index is 12.3. The van der Waals surface area contributed by atoms with Crippen molar-refractivity contribution in [3.63, 3.8) is 0 Å². The van der Waals surface area contributed by atoms with Gasteiger partial charge in [-0.2, -0.15) is 5.10 Å². The Balaban J connectivity index is 2.31. The van der Waals surface area contributed by atoms with Gasteiger partial charge in [0.2, 0.25) is 0 Å². The summed E-state index contributed by atoms with van der Waals surface area (Å²) in [7, 11) is 1.48. The molecule has 1 atom stereocenters. The molecular weight excluding hydrogens is 348 g/mol. The number of carboxylic acid groups (broad SMARTS) is 1. The van der Waals surface area contributed by atoms with Crippen LogP contribution < -0.4 is 15.0 Å². The van der Waals surface area contributed by atoms with Crippen LogP contribution in [-0.4, -0.2) is 28.0 Å². The third-order valence-electron chi connectivity index (χ3n) is 3.45. The number of ether oxygens (including phenoxy) is 2. The van der Waals surface area contributed by atoms with Crippen molar-refractivity contribution in [3.05, 3.63) is 45.8 Å². The first-order chi connectivity index (χ1) is 11.8. The lowest BCUT2D eigenvalue weighted by Crippen LogP contribution is -2.32. The van der Waals surface area contributed by atoms with E-state index in [4.69, 9.17) is 21.1 Å². The average Bonchev–Trinajstić information content (AvgIpc) is 2.55. The van der Waals surface area contributed by atoms with Crippen molar-refractivity contribution >= 4 is 17.6 Å². The lowest BCUT2D eigenvalue weighted by Gasteiger charge is -2.16. The number of halogens is 1. The Bertz CT molecular complexity index is 819. The highest BCUT2D eigenvalue weighted by atomic mass is 35.5. The molecule has 0 aliphatic heterocycles. The van der Waals surface area contributed by atoms with Crippen molar-refractivity contribution in [2.75, 3.05) is 7.11 Å². The normalized spacial score (nSPS) is 12.0. The number of aromatic nitrogens is 2. The van der Waals surface area contributed by atoms with Gasteiger partial charge in [0.1, 0.15) is 16.5 Å². The minimum atomic E-state index is -1.10. The van der Waals surface area contributed by atoms with Gasteiger partial charge in [-0.15, -0.1) is 0 Å². The second kappa shape index (κ2) is 8.02. The van der Waals surface area contributed by atoms with Crippen LogP contribution in [0.5, 0.6) is 17.2 Å². The third-order valence-corrected chi connectivity index (χ3v) is 3.82. The molecule has 0 radical (unpaired) electrons. The van der Waals surface area contributed by atoms with Gasteiger partial charge in [-0.05, 0) is 24.5 Å². The number of benzene rings is 1. The first-order valence-corrected chi connectivity index (χ1v) is 8.03. The Kier molecular flexibility index (Phi) is 6.03. The fourth-order valence-corrected chi connectivity index (χ4v) is 2.54. The highest BCUT2D eigenvalue weighted by molar-refractivity contribution is 6.33. The van der Waals surface area contributed by atoms with Crippen molar-refractivity contribution in [3.8, 4) is 17.2 Å². The summed E-state index contributed by atoms with van der Waals surface area (Å²) in [6.07, 6.45) is 1.58. The van der Waals surface area contributed by atoms with E-state index in [0.717, 1.165) is 4.68 Å². The molecule has 1 aromatic carbocycles. The van der Waals surface area contributed by atoms with Gasteiger partial charge in [0.25, 0.3) is 5.56 Å². The molecule has 7 nitrogen and oxygen atoms in total. The highest BCUT2D eigenvalue weighted by Crippen LogP contribution is 2.35. The standard InChI is InChI=1S/C17H19ClN2O5/c1-10(2)7-12(17(22)23)20-15(21)8-11(9-19-20)25-14-6-4-5-13(24-3)16(14)18/h4-6,8-10,12H,7H2,1-3H3,(H,22,23). The van der Waals surface area contributed by atoms with E-state index in [1.54, 1.807) is 18.2 Å². The molecular formula is C17H19ClN2O5. The van der Waals surface area contributed by atoms with E-state index in [2.05, 4.69) is 5.10 Å². The minimum absolute atomic E-state index is 0.0984. The van der Waals surface area contributed by atoms with Gasteiger partial charge in [-0.3, -0.25) is 4.79 Å². The van der Waals surface area contributed by atoms with Crippen LogP contribution in [0.25, 0.3) is 0 Å². The second-order valence-corrected chi connectivity index (χ2v) is 6.21. The molecule has 25 heavy (non-hydrogen) atoms. The first-order valence-electron chi connectivity index (χ1n) is 7.65. The minimum Gasteiger partial charge on any atom is -0.495 e. The summed E-state index contributed by atoms with van der Waals surface area (Å²) in [5.41, 5.74) is -0.565. The average molecular weight is 367 g/mol. The Labute approximate surface area is 149 Å². The number of carbonyl (C=O) groups is 1. The lowest BCUT2D eigenvalue weighted by atomic mass is 10.0. The highest BCUT2D eigenvalue weighted by Gasteiger charge is 2.23. The quantitative estimate of drug-likeness (QED) is 0.807. The molecule has 1 aromatic heterocycles. The van der Waals surface area contributed by atoms with Gasteiger partial charge in [0.15, 0.2) is 11.8 Å². The van der Waals surface area contributed by atoms with E-state index < -0.39 is 17.6 Å². The van der Waals surface area contributed by atoms with E-state index in [1.807, 2.05) is 13.8 Å². The van der Waals surface area contributed by atoms with Gasteiger partial charge >= 0.3 is 5.97 Å². The monoisotopic (exact) mass is 366 g/mol. The SMILES string of the molecule is COc1cccc(Oc2cnn(C(CC(C)C)C(=O)O)c(=O)c2)c1Cl. The zero-order valence-corrected chi connectivity index (χ0v) is 14.9. The summed E-state index contributed by atoms with van der Waals surface area (Å²) < 4.78 is 11.6. The number of nitrogens with zero attached hydrogens (tertiary/aromatic N) is 2. The van der Waals surface area contributed by atoms with Gasteiger partial charge in [-0.25, -0.2) is 9.48 Å². The van der Waals surface area contributed by atoms with Crippen LogP contribution in [0.1, 0.15) is 26.3 Å². The first kappa shape index (κ1) is 18.8. The fraction of sp³-hybridized carbons (Fsp3) is 0.353. The van der Waals surface area contributed by atoms with Crippen LogP contribution in [0.3, 0.4) is 0 Å². The molecule has 0 saturated carbocycles. The number of hydrogen-bond acceptors (Lipinski definition) is 5. The second-order valence-electron chi connectivity index (χ2n) is 5.83. The van der Waals surface area contributed by atoms with Crippen LogP contribution in [-0.2, 0) is 4.79 Å². The zero-order valence-electron chi connectivity index (χ0n) is 14.1. The molecule has 2 aromatic rings. The van der Waals surface area contributed by atoms with Gasteiger partial charge < -0.3 is 14.6 Å². The van der Waals surface area contributed by atoms with Gasteiger partial charge in [-0.1, -0.05) is 31.5 Å². The van der Waals surface area contributed by atoms with E-state index in [1.165, 1.54) is 19.4 Å². The molecule has 0 fully saturated rings. The molecule has 0 saturated heterocycles. The summed E-state index contributed by atoms with van der Waals surface area (Å²) in [5.74, 6) is -0.112. The zero-order chi connectivity index (χ0) is 18.6. The summed E-state index contributed by atoms with van der Waals surface area (Å²) in [6.45, 7) is 3.76. The molecule has 1 N–H and O–H groups in total. The Hall–Kier alpha value is -2.54. The fourth-order valence-electron chi connectivity index (χ4n) is 2.30. The molecule has 134 valence electrons. The third kappa shape index (κ3) is 4.51. The molecule has 8 heteroatoms. The smallest absolute Gasteiger partial charge is 0.328 e. The van der Waals surface area contributed by atoms with Crippen molar-refractivity contribution < 1.29 is 19.4 Å². The Morgan fingerprint density at radius 2 is 2.04 bits per heavy atom. The molecule has 0 aliphatic carbocycles. The van der Waals surface area contributed by atoms with Gasteiger partial charge in [0, 0.05) is 6.07 Å².